The third-order valence-electron chi connectivity index (χ3n) is 5.04. The molecule has 3 amide bonds. The van der Waals surface area contributed by atoms with Crippen molar-refractivity contribution in [2.24, 2.45) is 11.8 Å². The lowest BCUT2D eigenvalue weighted by Crippen LogP contribution is -2.38. The standard InChI is InChI=1S/C20H19N3O4S/c1-27-13-8-6-12(7-9-13)16-11-28-20(21-16)22-17(24)10-23-18(25)14-4-2-3-5-15(14)19(23)26/h2-3,6-9,11,14-15H,4-5,10H2,1H3,(H,21,22,24)/t14-,15+. The molecule has 8 heteroatoms. The van der Waals surface area contributed by atoms with Crippen LogP contribution in [0.5, 0.6) is 5.75 Å². The Kier molecular flexibility index (Phi) is 4.95. The zero-order chi connectivity index (χ0) is 19.7. The van der Waals surface area contributed by atoms with E-state index in [9.17, 15) is 14.4 Å². The van der Waals surface area contributed by atoms with Crippen LogP contribution in [0.3, 0.4) is 0 Å². The van der Waals surface area contributed by atoms with Crippen LogP contribution in [0.4, 0.5) is 5.13 Å². The second-order valence-electron chi connectivity index (χ2n) is 6.73. The van der Waals surface area contributed by atoms with Crippen molar-refractivity contribution in [1.29, 1.82) is 0 Å². The predicted molar refractivity (Wildman–Crippen MR) is 105 cm³/mol. The minimum atomic E-state index is -0.427. The second-order valence-corrected chi connectivity index (χ2v) is 7.59. The lowest BCUT2D eigenvalue weighted by atomic mass is 9.85. The van der Waals surface area contributed by atoms with Gasteiger partial charge in [-0.1, -0.05) is 12.2 Å². The first kappa shape index (κ1) is 18.4. The largest absolute Gasteiger partial charge is 0.497 e. The number of hydrogen-bond donors (Lipinski definition) is 1. The third-order valence-corrected chi connectivity index (χ3v) is 5.79. The van der Waals surface area contributed by atoms with Crippen molar-refractivity contribution < 1.29 is 19.1 Å². The molecule has 7 nitrogen and oxygen atoms in total. The molecule has 1 saturated heterocycles. The molecule has 1 fully saturated rings. The van der Waals surface area contributed by atoms with E-state index in [0.717, 1.165) is 21.9 Å². The predicted octanol–water partition coefficient (Wildman–Crippen LogP) is 2.71. The summed E-state index contributed by atoms with van der Waals surface area (Å²) in [6.45, 7) is -0.276. The zero-order valence-corrected chi connectivity index (χ0v) is 16.1. The van der Waals surface area contributed by atoms with Gasteiger partial charge in [-0.05, 0) is 37.1 Å². The van der Waals surface area contributed by atoms with Crippen LogP contribution < -0.4 is 10.1 Å². The molecule has 2 heterocycles. The summed E-state index contributed by atoms with van der Waals surface area (Å²) in [7, 11) is 1.60. The summed E-state index contributed by atoms with van der Waals surface area (Å²) in [5, 5.41) is 4.95. The summed E-state index contributed by atoms with van der Waals surface area (Å²) in [6.07, 6.45) is 4.97. The Bertz CT molecular complexity index is 925. The van der Waals surface area contributed by atoms with Gasteiger partial charge in [0, 0.05) is 10.9 Å². The van der Waals surface area contributed by atoms with Gasteiger partial charge in [-0.3, -0.25) is 19.3 Å². The number of likely N-dealkylation sites (tertiary alicyclic amines) is 1. The fraction of sp³-hybridized carbons (Fsp3) is 0.300. The highest BCUT2D eigenvalue weighted by atomic mass is 32.1. The van der Waals surface area contributed by atoms with Gasteiger partial charge in [0.05, 0.1) is 24.6 Å². The summed E-state index contributed by atoms with van der Waals surface area (Å²) in [5.41, 5.74) is 1.63. The summed E-state index contributed by atoms with van der Waals surface area (Å²) >= 11 is 1.29. The number of aromatic nitrogens is 1. The molecule has 1 aromatic heterocycles. The lowest BCUT2D eigenvalue weighted by Gasteiger charge is -2.14. The van der Waals surface area contributed by atoms with Gasteiger partial charge < -0.3 is 10.1 Å². The van der Waals surface area contributed by atoms with Gasteiger partial charge in [-0.15, -0.1) is 11.3 Å². The third kappa shape index (κ3) is 3.43. The second kappa shape index (κ2) is 7.55. The van der Waals surface area contributed by atoms with E-state index in [1.54, 1.807) is 7.11 Å². The normalized spacial score (nSPS) is 21.0. The number of amides is 3. The highest BCUT2D eigenvalue weighted by molar-refractivity contribution is 7.14. The van der Waals surface area contributed by atoms with Gasteiger partial charge >= 0.3 is 0 Å². The number of imide groups is 1. The summed E-state index contributed by atoms with van der Waals surface area (Å²) in [4.78, 5) is 42.8. The van der Waals surface area contributed by atoms with E-state index < -0.39 is 5.91 Å². The Morgan fingerprint density at radius 3 is 2.43 bits per heavy atom. The molecule has 2 aromatic rings. The van der Waals surface area contributed by atoms with E-state index in [-0.39, 0.29) is 30.2 Å². The highest BCUT2D eigenvalue weighted by Gasteiger charge is 2.47. The number of methoxy groups -OCH3 is 1. The molecule has 1 aliphatic heterocycles. The number of carbonyl (C=O) groups is 3. The van der Waals surface area contributed by atoms with Gasteiger partial charge in [0.15, 0.2) is 5.13 Å². The van der Waals surface area contributed by atoms with Crippen molar-refractivity contribution in [2.75, 3.05) is 19.0 Å². The smallest absolute Gasteiger partial charge is 0.246 e. The summed E-state index contributed by atoms with van der Waals surface area (Å²) in [6, 6.07) is 7.45. The molecule has 0 spiro atoms. The number of ether oxygens (including phenoxy) is 1. The lowest BCUT2D eigenvalue weighted by molar-refractivity contribution is -0.142. The average molecular weight is 397 g/mol. The molecule has 1 N–H and O–H groups in total. The maximum Gasteiger partial charge on any atom is 0.246 e. The molecule has 0 saturated carbocycles. The number of fused-ring (bicyclic) bond motifs is 1. The summed E-state index contributed by atoms with van der Waals surface area (Å²) < 4.78 is 5.14. The van der Waals surface area contributed by atoms with Crippen LogP contribution in [-0.2, 0) is 14.4 Å². The first-order chi connectivity index (χ1) is 13.6. The monoisotopic (exact) mass is 397 g/mol. The van der Waals surface area contributed by atoms with E-state index >= 15 is 0 Å². The fourth-order valence-corrected chi connectivity index (χ4v) is 4.29. The van der Waals surface area contributed by atoms with Gasteiger partial charge in [0.2, 0.25) is 17.7 Å². The molecular formula is C20H19N3O4S. The van der Waals surface area contributed by atoms with Crippen molar-refractivity contribution in [3.05, 3.63) is 41.8 Å². The Morgan fingerprint density at radius 1 is 1.18 bits per heavy atom. The highest BCUT2D eigenvalue weighted by Crippen LogP contribution is 2.35. The first-order valence-electron chi connectivity index (χ1n) is 8.97. The van der Waals surface area contributed by atoms with Gasteiger partial charge in [0.1, 0.15) is 12.3 Å². The molecule has 2 aliphatic rings. The number of thiazole rings is 1. The van der Waals surface area contributed by atoms with Crippen molar-refractivity contribution >= 4 is 34.2 Å². The molecule has 1 aromatic carbocycles. The Balaban J connectivity index is 1.40. The van der Waals surface area contributed by atoms with E-state index in [2.05, 4.69) is 10.3 Å². The molecule has 2 atom stereocenters. The minimum Gasteiger partial charge on any atom is -0.497 e. The van der Waals surface area contributed by atoms with Crippen LogP contribution in [0.1, 0.15) is 12.8 Å². The fourth-order valence-electron chi connectivity index (χ4n) is 3.55. The molecule has 0 unspecified atom stereocenters. The van der Waals surface area contributed by atoms with Gasteiger partial charge in [0.25, 0.3) is 0 Å². The molecule has 144 valence electrons. The molecule has 0 radical (unpaired) electrons. The van der Waals surface area contributed by atoms with Gasteiger partial charge in [-0.25, -0.2) is 4.98 Å². The van der Waals surface area contributed by atoms with Crippen molar-refractivity contribution in [3.63, 3.8) is 0 Å². The average Bonchev–Trinajstić information content (AvgIpc) is 3.27. The van der Waals surface area contributed by atoms with Crippen molar-refractivity contribution in [1.82, 2.24) is 9.88 Å². The van der Waals surface area contributed by atoms with Crippen LogP contribution in [0, 0.1) is 11.8 Å². The number of hydrogen-bond acceptors (Lipinski definition) is 6. The molecule has 0 bridgehead atoms. The SMILES string of the molecule is COc1ccc(-c2csc(NC(=O)CN3C(=O)[C@H]4CC=CC[C@H]4C3=O)n2)cc1. The van der Waals surface area contributed by atoms with Crippen LogP contribution in [0.25, 0.3) is 11.3 Å². The van der Waals surface area contributed by atoms with E-state index in [1.807, 2.05) is 41.8 Å². The molecule has 28 heavy (non-hydrogen) atoms. The number of anilines is 1. The first-order valence-corrected chi connectivity index (χ1v) is 9.85. The van der Waals surface area contributed by atoms with Gasteiger partial charge in [-0.2, -0.15) is 0 Å². The molecule has 4 rings (SSSR count). The Labute approximate surface area is 166 Å². The topological polar surface area (TPSA) is 88.6 Å². The minimum absolute atomic E-state index is 0.257. The van der Waals surface area contributed by atoms with E-state index in [4.69, 9.17) is 4.74 Å². The number of benzene rings is 1. The maximum atomic E-state index is 12.4. The van der Waals surface area contributed by atoms with Crippen LogP contribution in [-0.4, -0.2) is 41.3 Å². The summed E-state index contributed by atoms with van der Waals surface area (Å²) in [5.74, 6) is -0.842. The maximum absolute atomic E-state index is 12.4. The van der Waals surface area contributed by atoms with Crippen molar-refractivity contribution in [2.45, 2.75) is 12.8 Å². The number of nitrogens with one attached hydrogen (secondary N) is 1. The molecular weight excluding hydrogens is 378 g/mol. The number of rotatable bonds is 5. The number of carbonyl (C=O) groups excluding carboxylic acids is 3. The quantitative estimate of drug-likeness (QED) is 0.619. The van der Waals surface area contributed by atoms with Crippen LogP contribution in [0.2, 0.25) is 0 Å². The van der Waals surface area contributed by atoms with Crippen LogP contribution in [0.15, 0.2) is 41.8 Å². The molecule has 1 aliphatic carbocycles. The Morgan fingerprint density at radius 2 is 1.82 bits per heavy atom. The van der Waals surface area contributed by atoms with Crippen LogP contribution >= 0.6 is 11.3 Å². The number of nitrogens with zero attached hydrogens (tertiary/aromatic N) is 2. The number of allylic oxidation sites excluding steroid dienone is 2. The van der Waals surface area contributed by atoms with E-state index in [0.29, 0.717) is 18.0 Å². The Hall–Kier alpha value is -3.00. The van der Waals surface area contributed by atoms with E-state index in [1.165, 1.54) is 11.3 Å². The van der Waals surface area contributed by atoms with Crippen molar-refractivity contribution in [3.8, 4) is 17.0 Å². The zero-order valence-electron chi connectivity index (χ0n) is 15.3.